The molecular formula is C15H23FN2O. The Labute approximate surface area is 114 Å². The number of halogens is 1. The molecule has 19 heavy (non-hydrogen) atoms. The Bertz CT molecular complexity index is 425. The molecule has 1 aliphatic rings. The van der Waals surface area contributed by atoms with Gasteiger partial charge in [0.2, 0.25) is 0 Å². The van der Waals surface area contributed by atoms with E-state index in [-0.39, 0.29) is 18.5 Å². The van der Waals surface area contributed by atoms with Crippen LogP contribution in [-0.4, -0.2) is 31.3 Å². The molecule has 0 radical (unpaired) electrons. The van der Waals surface area contributed by atoms with Crippen LogP contribution < -0.4 is 10.2 Å². The van der Waals surface area contributed by atoms with Gasteiger partial charge in [-0.1, -0.05) is 6.92 Å². The molecule has 0 spiro atoms. The van der Waals surface area contributed by atoms with E-state index in [1.54, 1.807) is 6.07 Å². The van der Waals surface area contributed by atoms with Gasteiger partial charge in [-0.15, -0.1) is 0 Å². The highest BCUT2D eigenvalue weighted by atomic mass is 19.1. The molecule has 2 atom stereocenters. The van der Waals surface area contributed by atoms with Gasteiger partial charge in [-0.3, -0.25) is 0 Å². The van der Waals surface area contributed by atoms with Crippen molar-refractivity contribution >= 4 is 5.69 Å². The maximum Gasteiger partial charge on any atom is 0.123 e. The normalized spacial score (nSPS) is 20.8. The molecule has 1 aliphatic heterocycles. The lowest BCUT2D eigenvalue weighted by atomic mass is 10.0. The molecule has 106 valence electrons. The second kappa shape index (κ2) is 6.35. The number of nitrogens with one attached hydrogen (secondary N) is 1. The smallest absolute Gasteiger partial charge is 0.123 e. The van der Waals surface area contributed by atoms with Crippen molar-refractivity contribution in [1.29, 1.82) is 0 Å². The summed E-state index contributed by atoms with van der Waals surface area (Å²) in [6.45, 7) is 6.98. The Morgan fingerprint density at radius 3 is 2.95 bits per heavy atom. The lowest BCUT2D eigenvalue weighted by molar-refractivity contribution is 0.238. The molecule has 0 aromatic heterocycles. The third kappa shape index (κ3) is 3.25. The quantitative estimate of drug-likeness (QED) is 0.858. The first-order chi connectivity index (χ1) is 9.15. The Kier molecular flexibility index (Phi) is 4.77. The van der Waals surface area contributed by atoms with Gasteiger partial charge in [0.15, 0.2) is 0 Å². The average Bonchev–Trinajstić information content (AvgIpc) is 2.87. The second-order valence-electron chi connectivity index (χ2n) is 5.27. The van der Waals surface area contributed by atoms with Crippen LogP contribution >= 0.6 is 0 Å². The molecule has 1 heterocycles. The molecule has 0 bridgehead atoms. The predicted octanol–water partition coefficient (Wildman–Crippen LogP) is 2.31. The predicted molar refractivity (Wildman–Crippen MR) is 75.9 cm³/mol. The number of anilines is 1. The SMILES string of the molecule is CCNC(C)c1cc(F)ccc1N1CCC(CO)C1. The second-order valence-corrected chi connectivity index (χ2v) is 5.27. The molecule has 0 saturated carbocycles. The van der Waals surface area contributed by atoms with Gasteiger partial charge in [0.1, 0.15) is 5.82 Å². The zero-order valence-electron chi connectivity index (χ0n) is 11.7. The fraction of sp³-hybridized carbons (Fsp3) is 0.600. The number of benzene rings is 1. The van der Waals surface area contributed by atoms with Crippen molar-refractivity contribution in [2.75, 3.05) is 31.1 Å². The van der Waals surface area contributed by atoms with Crippen LogP contribution in [0.5, 0.6) is 0 Å². The highest BCUT2D eigenvalue weighted by Crippen LogP contribution is 2.31. The fourth-order valence-corrected chi connectivity index (χ4v) is 2.78. The maximum atomic E-state index is 13.5. The highest BCUT2D eigenvalue weighted by Gasteiger charge is 2.24. The maximum absolute atomic E-state index is 13.5. The first-order valence-electron chi connectivity index (χ1n) is 7.04. The number of aliphatic hydroxyl groups is 1. The third-order valence-corrected chi connectivity index (χ3v) is 3.85. The van der Waals surface area contributed by atoms with Gasteiger partial charge >= 0.3 is 0 Å². The molecule has 4 heteroatoms. The van der Waals surface area contributed by atoms with E-state index in [0.29, 0.717) is 5.92 Å². The van der Waals surface area contributed by atoms with Crippen LogP contribution in [0.1, 0.15) is 31.9 Å². The molecule has 0 amide bonds. The summed E-state index contributed by atoms with van der Waals surface area (Å²) in [7, 11) is 0. The van der Waals surface area contributed by atoms with Gasteiger partial charge < -0.3 is 15.3 Å². The van der Waals surface area contributed by atoms with Crippen molar-refractivity contribution in [2.45, 2.75) is 26.3 Å². The summed E-state index contributed by atoms with van der Waals surface area (Å²) in [6.07, 6.45) is 1.00. The fourth-order valence-electron chi connectivity index (χ4n) is 2.78. The van der Waals surface area contributed by atoms with E-state index < -0.39 is 0 Å². The summed E-state index contributed by atoms with van der Waals surface area (Å²) in [6, 6.07) is 5.13. The van der Waals surface area contributed by atoms with Crippen molar-refractivity contribution in [3.8, 4) is 0 Å². The molecule has 2 N–H and O–H groups in total. The monoisotopic (exact) mass is 266 g/mol. The Balaban J connectivity index is 2.24. The summed E-state index contributed by atoms with van der Waals surface area (Å²) in [5, 5.41) is 12.6. The highest BCUT2D eigenvalue weighted by molar-refractivity contribution is 5.56. The lowest BCUT2D eigenvalue weighted by Crippen LogP contribution is -2.25. The van der Waals surface area contributed by atoms with Crippen molar-refractivity contribution in [3.05, 3.63) is 29.6 Å². The molecular weight excluding hydrogens is 243 g/mol. The van der Waals surface area contributed by atoms with Crippen molar-refractivity contribution in [2.24, 2.45) is 5.92 Å². The molecule has 2 unspecified atom stereocenters. The topological polar surface area (TPSA) is 35.5 Å². The van der Waals surface area contributed by atoms with E-state index >= 15 is 0 Å². The number of nitrogens with zero attached hydrogens (tertiary/aromatic N) is 1. The third-order valence-electron chi connectivity index (χ3n) is 3.85. The van der Waals surface area contributed by atoms with E-state index in [1.165, 1.54) is 6.07 Å². The summed E-state index contributed by atoms with van der Waals surface area (Å²) >= 11 is 0. The Morgan fingerprint density at radius 2 is 2.32 bits per heavy atom. The van der Waals surface area contributed by atoms with Crippen LogP contribution in [-0.2, 0) is 0 Å². The van der Waals surface area contributed by atoms with Gasteiger partial charge in [0.05, 0.1) is 0 Å². The number of rotatable bonds is 5. The summed E-state index contributed by atoms with van der Waals surface area (Å²) in [5.74, 6) is 0.147. The zero-order valence-corrected chi connectivity index (χ0v) is 11.7. The van der Waals surface area contributed by atoms with Gasteiger partial charge in [0.25, 0.3) is 0 Å². The van der Waals surface area contributed by atoms with E-state index in [0.717, 1.165) is 37.3 Å². The van der Waals surface area contributed by atoms with Crippen LogP contribution in [0, 0.1) is 11.7 Å². The van der Waals surface area contributed by atoms with Crippen LogP contribution in [0.2, 0.25) is 0 Å². The van der Waals surface area contributed by atoms with Crippen LogP contribution in [0.4, 0.5) is 10.1 Å². The van der Waals surface area contributed by atoms with Crippen LogP contribution in [0.15, 0.2) is 18.2 Å². The van der Waals surface area contributed by atoms with E-state index in [2.05, 4.69) is 17.1 Å². The van der Waals surface area contributed by atoms with E-state index in [4.69, 9.17) is 0 Å². The zero-order chi connectivity index (χ0) is 13.8. The van der Waals surface area contributed by atoms with Gasteiger partial charge in [-0.2, -0.15) is 0 Å². The largest absolute Gasteiger partial charge is 0.396 e. The lowest BCUT2D eigenvalue weighted by Gasteiger charge is -2.25. The van der Waals surface area contributed by atoms with Crippen molar-refractivity contribution in [1.82, 2.24) is 5.32 Å². The molecule has 1 aromatic rings. The molecule has 1 fully saturated rings. The standard InChI is InChI=1S/C15H23FN2O/c1-3-17-11(2)14-8-13(16)4-5-15(14)18-7-6-12(9-18)10-19/h4-5,8,11-12,17,19H,3,6-7,9-10H2,1-2H3. The summed E-state index contributed by atoms with van der Waals surface area (Å²) in [4.78, 5) is 2.25. The molecule has 1 aromatic carbocycles. The van der Waals surface area contributed by atoms with Gasteiger partial charge in [-0.05, 0) is 43.7 Å². The minimum Gasteiger partial charge on any atom is -0.396 e. The summed E-state index contributed by atoms with van der Waals surface area (Å²) < 4.78 is 13.5. The minimum atomic E-state index is -0.193. The Hall–Kier alpha value is -1.13. The van der Waals surface area contributed by atoms with Crippen LogP contribution in [0.3, 0.4) is 0 Å². The molecule has 1 saturated heterocycles. The number of hydrogen-bond donors (Lipinski definition) is 2. The molecule has 0 aliphatic carbocycles. The molecule has 2 rings (SSSR count). The molecule has 3 nitrogen and oxygen atoms in total. The Morgan fingerprint density at radius 1 is 1.53 bits per heavy atom. The number of aliphatic hydroxyl groups excluding tert-OH is 1. The first kappa shape index (κ1) is 14.3. The van der Waals surface area contributed by atoms with Crippen LogP contribution in [0.25, 0.3) is 0 Å². The van der Waals surface area contributed by atoms with Gasteiger partial charge in [0, 0.05) is 37.3 Å². The first-order valence-corrected chi connectivity index (χ1v) is 7.04. The number of hydrogen-bond acceptors (Lipinski definition) is 3. The van der Waals surface area contributed by atoms with Crippen molar-refractivity contribution < 1.29 is 9.50 Å². The van der Waals surface area contributed by atoms with Gasteiger partial charge in [-0.25, -0.2) is 4.39 Å². The van der Waals surface area contributed by atoms with E-state index in [9.17, 15) is 9.50 Å². The van der Waals surface area contributed by atoms with E-state index in [1.807, 2.05) is 13.0 Å². The average molecular weight is 266 g/mol. The van der Waals surface area contributed by atoms with Crippen molar-refractivity contribution in [3.63, 3.8) is 0 Å². The minimum absolute atomic E-state index is 0.129. The summed E-state index contributed by atoms with van der Waals surface area (Å²) in [5.41, 5.74) is 2.09.